The molecule has 3 heterocycles. The lowest BCUT2D eigenvalue weighted by atomic mass is 9.96. The Kier molecular flexibility index (Phi) is 5.25. The molecule has 2 aromatic rings. The molecule has 0 aliphatic carbocycles. The van der Waals surface area contributed by atoms with E-state index in [1.807, 2.05) is 6.08 Å². The molecule has 0 amide bonds. The number of halogens is 1. The fourth-order valence-electron chi connectivity index (χ4n) is 3.19. The molecule has 0 atom stereocenters. The predicted octanol–water partition coefficient (Wildman–Crippen LogP) is 3.10. The van der Waals surface area contributed by atoms with Crippen LogP contribution in [0.25, 0.3) is 11.0 Å². The largest absolute Gasteiger partial charge is 0.516 e. The number of methoxy groups -OCH3 is 1. The van der Waals surface area contributed by atoms with E-state index in [-0.39, 0.29) is 5.82 Å². The van der Waals surface area contributed by atoms with E-state index < -0.39 is 0 Å². The lowest BCUT2D eigenvalue weighted by Gasteiger charge is -2.30. The summed E-state index contributed by atoms with van der Waals surface area (Å²) in [4.78, 5) is 10.8. The third-order valence-corrected chi connectivity index (χ3v) is 4.62. The molecule has 1 aliphatic rings. The zero-order valence-corrected chi connectivity index (χ0v) is 13.8. The summed E-state index contributed by atoms with van der Waals surface area (Å²) in [6.45, 7) is 2.69. The van der Waals surface area contributed by atoms with Gasteiger partial charge in [-0.1, -0.05) is 0 Å². The van der Waals surface area contributed by atoms with Crippen LogP contribution in [-0.2, 0) is 6.42 Å². The van der Waals surface area contributed by atoms with Gasteiger partial charge in [0.1, 0.15) is 5.82 Å². The number of piperidine rings is 1. The number of rotatable bonds is 5. The molecule has 0 spiro atoms. The van der Waals surface area contributed by atoms with Crippen LogP contribution in [-0.4, -0.2) is 46.7 Å². The van der Waals surface area contributed by atoms with Crippen LogP contribution in [0.1, 0.15) is 18.4 Å². The topological polar surface area (TPSA) is 58.5 Å². The van der Waals surface area contributed by atoms with Crippen LogP contribution in [0.5, 0.6) is 5.88 Å². The summed E-state index contributed by atoms with van der Waals surface area (Å²) in [6, 6.07) is 3.54. The third kappa shape index (κ3) is 3.64. The van der Waals surface area contributed by atoms with Crippen molar-refractivity contribution in [1.82, 2.24) is 14.9 Å². The molecule has 0 aromatic carbocycles. The highest BCUT2D eigenvalue weighted by Gasteiger charge is 2.18. The average molecular weight is 331 g/mol. The van der Waals surface area contributed by atoms with Crippen molar-refractivity contribution in [2.24, 2.45) is 5.92 Å². The van der Waals surface area contributed by atoms with Gasteiger partial charge in [0.15, 0.2) is 0 Å². The van der Waals surface area contributed by atoms with Gasteiger partial charge in [0.05, 0.1) is 30.6 Å². The van der Waals surface area contributed by atoms with Crippen molar-refractivity contribution in [2.45, 2.75) is 19.3 Å². The Morgan fingerprint density at radius 2 is 2.17 bits per heavy atom. The summed E-state index contributed by atoms with van der Waals surface area (Å²) in [5.74, 6) is 0.588. The van der Waals surface area contributed by atoms with Crippen LogP contribution >= 0.6 is 0 Å². The van der Waals surface area contributed by atoms with Gasteiger partial charge in [0, 0.05) is 18.2 Å². The third-order valence-electron chi connectivity index (χ3n) is 4.62. The molecule has 24 heavy (non-hydrogen) atoms. The minimum atomic E-state index is -0.318. The summed E-state index contributed by atoms with van der Waals surface area (Å²) < 4.78 is 19.4. The maximum atomic E-state index is 14.3. The maximum absolute atomic E-state index is 14.3. The van der Waals surface area contributed by atoms with Crippen LogP contribution in [0.3, 0.4) is 0 Å². The number of aliphatic hydroxyl groups is 1. The van der Waals surface area contributed by atoms with Crippen molar-refractivity contribution in [1.29, 1.82) is 0 Å². The molecule has 0 bridgehead atoms. The normalized spacial score (nSPS) is 16.9. The van der Waals surface area contributed by atoms with Crippen LogP contribution in [0.2, 0.25) is 0 Å². The van der Waals surface area contributed by atoms with Crippen molar-refractivity contribution in [3.63, 3.8) is 0 Å². The Hall–Kier alpha value is -2.21. The zero-order valence-electron chi connectivity index (χ0n) is 13.8. The summed E-state index contributed by atoms with van der Waals surface area (Å²) in [5, 5.41) is 8.85. The molecule has 0 radical (unpaired) electrons. The molecule has 1 saturated heterocycles. The second-order valence-corrected chi connectivity index (χ2v) is 6.08. The average Bonchev–Trinajstić information content (AvgIpc) is 2.62. The molecule has 2 aromatic heterocycles. The van der Waals surface area contributed by atoms with Crippen molar-refractivity contribution in [3.8, 4) is 5.88 Å². The SMILES string of the molecule is COc1ccc2ncc(F)c(CCN3CCC(/C=C\O)CC3)c2n1. The Labute approximate surface area is 140 Å². The van der Waals surface area contributed by atoms with E-state index in [0.29, 0.717) is 34.8 Å². The van der Waals surface area contributed by atoms with Crippen molar-refractivity contribution < 1.29 is 14.2 Å². The van der Waals surface area contributed by atoms with Crippen LogP contribution < -0.4 is 4.74 Å². The van der Waals surface area contributed by atoms with Crippen molar-refractivity contribution in [2.75, 3.05) is 26.7 Å². The van der Waals surface area contributed by atoms with E-state index in [1.165, 1.54) is 6.20 Å². The number of likely N-dealkylation sites (tertiary alicyclic amines) is 1. The van der Waals surface area contributed by atoms with Gasteiger partial charge in [0.25, 0.3) is 0 Å². The van der Waals surface area contributed by atoms with Gasteiger partial charge in [-0.2, -0.15) is 0 Å². The van der Waals surface area contributed by atoms with E-state index >= 15 is 0 Å². The fourth-order valence-corrected chi connectivity index (χ4v) is 3.19. The van der Waals surface area contributed by atoms with E-state index in [0.717, 1.165) is 38.7 Å². The van der Waals surface area contributed by atoms with Gasteiger partial charge in [-0.05, 0) is 50.4 Å². The molecule has 1 N–H and O–H groups in total. The molecule has 0 saturated carbocycles. The number of ether oxygens (including phenoxy) is 1. The number of allylic oxidation sites excluding steroid dienone is 1. The molecule has 1 fully saturated rings. The summed E-state index contributed by atoms with van der Waals surface area (Å²) in [6.07, 6.45) is 6.88. The van der Waals surface area contributed by atoms with Crippen molar-refractivity contribution >= 4 is 11.0 Å². The first kappa shape index (κ1) is 16.6. The summed E-state index contributed by atoms with van der Waals surface area (Å²) in [7, 11) is 1.55. The first-order valence-corrected chi connectivity index (χ1v) is 8.22. The Morgan fingerprint density at radius 3 is 2.88 bits per heavy atom. The number of pyridine rings is 2. The van der Waals surface area contributed by atoms with E-state index in [2.05, 4.69) is 14.9 Å². The van der Waals surface area contributed by atoms with E-state index in [1.54, 1.807) is 19.2 Å². The molecular formula is C18H22FN3O2. The lowest BCUT2D eigenvalue weighted by molar-refractivity contribution is 0.204. The van der Waals surface area contributed by atoms with Crippen LogP contribution in [0.4, 0.5) is 4.39 Å². The Morgan fingerprint density at radius 1 is 1.38 bits per heavy atom. The molecule has 6 heteroatoms. The number of fused-ring (bicyclic) bond motifs is 1. The predicted molar refractivity (Wildman–Crippen MR) is 90.7 cm³/mol. The molecular weight excluding hydrogens is 309 g/mol. The second-order valence-electron chi connectivity index (χ2n) is 6.08. The number of aliphatic hydroxyl groups excluding tert-OH is 1. The van der Waals surface area contributed by atoms with Crippen LogP contribution in [0.15, 0.2) is 30.7 Å². The van der Waals surface area contributed by atoms with E-state index in [4.69, 9.17) is 9.84 Å². The Balaban J connectivity index is 1.72. The quantitative estimate of drug-likeness (QED) is 0.853. The lowest BCUT2D eigenvalue weighted by Crippen LogP contribution is -2.34. The fraction of sp³-hybridized carbons (Fsp3) is 0.444. The highest BCUT2D eigenvalue weighted by molar-refractivity contribution is 5.78. The van der Waals surface area contributed by atoms with Gasteiger partial charge < -0.3 is 14.7 Å². The first-order chi connectivity index (χ1) is 11.7. The van der Waals surface area contributed by atoms with Gasteiger partial charge in [-0.15, -0.1) is 0 Å². The monoisotopic (exact) mass is 331 g/mol. The van der Waals surface area contributed by atoms with Gasteiger partial charge in [0.2, 0.25) is 5.88 Å². The first-order valence-electron chi connectivity index (χ1n) is 8.22. The van der Waals surface area contributed by atoms with Gasteiger partial charge in [-0.25, -0.2) is 9.37 Å². The summed E-state index contributed by atoms with van der Waals surface area (Å²) >= 11 is 0. The van der Waals surface area contributed by atoms with Crippen molar-refractivity contribution in [3.05, 3.63) is 42.0 Å². The minimum absolute atomic E-state index is 0.318. The summed E-state index contributed by atoms with van der Waals surface area (Å²) in [5.41, 5.74) is 1.85. The smallest absolute Gasteiger partial charge is 0.213 e. The Bertz CT molecular complexity index is 728. The van der Waals surface area contributed by atoms with E-state index in [9.17, 15) is 4.39 Å². The number of hydrogen-bond acceptors (Lipinski definition) is 5. The maximum Gasteiger partial charge on any atom is 0.213 e. The molecule has 3 rings (SSSR count). The molecule has 0 unspecified atom stereocenters. The molecule has 1 aliphatic heterocycles. The van der Waals surface area contributed by atoms with Gasteiger partial charge in [-0.3, -0.25) is 4.98 Å². The standard InChI is InChI=1S/C18H22FN3O2/c1-24-17-3-2-16-18(21-17)14(15(19)12-20-16)6-10-22-8-4-13(5-9-22)7-11-23/h2-3,7,11-13,23H,4-6,8-10H2,1H3/b11-7-. The highest BCUT2D eigenvalue weighted by atomic mass is 19.1. The molecule has 128 valence electrons. The highest BCUT2D eigenvalue weighted by Crippen LogP contribution is 2.23. The minimum Gasteiger partial charge on any atom is -0.516 e. The van der Waals surface area contributed by atoms with Crippen LogP contribution in [0, 0.1) is 11.7 Å². The molecule has 5 nitrogen and oxygen atoms in total. The van der Waals surface area contributed by atoms with Gasteiger partial charge >= 0.3 is 0 Å². The number of hydrogen-bond donors (Lipinski definition) is 1. The zero-order chi connectivity index (χ0) is 16.9. The number of aromatic nitrogens is 2. The second kappa shape index (κ2) is 7.57. The number of nitrogens with zero attached hydrogens (tertiary/aromatic N) is 3.